The Labute approximate surface area is 106 Å². The van der Waals surface area contributed by atoms with Gasteiger partial charge in [-0.3, -0.25) is 0 Å². The summed E-state index contributed by atoms with van der Waals surface area (Å²) in [6.07, 6.45) is 4.42. The molecule has 17 heavy (non-hydrogen) atoms. The van der Waals surface area contributed by atoms with Crippen LogP contribution in [0.2, 0.25) is 0 Å². The highest BCUT2D eigenvalue weighted by molar-refractivity contribution is 7.90. The van der Waals surface area contributed by atoms with Crippen LogP contribution in [0, 0.1) is 0 Å². The molecule has 5 heteroatoms. The third-order valence-electron chi connectivity index (χ3n) is 3.47. The van der Waals surface area contributed by atoms with Gasteiger partial charge in [0, 0.05) is 18.3 Å². The molecule has 102 valence electrons. The van der Waals surface area contributed by atoms with Crippen LogP contribution in [0.15, 0.2) is 0 Å². The van der Waals surface area contributed by atoms with Crippen molar-refractivity contribution in [3.05, 3.63) is 0 Å². The minimum Gasteiger partial charge on any atom is -0.314 e. The maximum atomic E-state index is 11.1. The number of sulfone groups is 1. The summed E-state index contributed by atoms with van der Waals surface area (Å²) in [4.78, 5) is 2.42. The Balaban J connectivity index is 2.27. The lowest BCUT2D eigenvalue weighted by Gasteiger charge is -2.38. The van der Waals surface area contributed by atoms with Gasteiger partial charge in [-0.25, -0.2) is 8.42 Å². The van der Waals surface area contributed by atoms with E-state index in [1.807, 2.05) is 0 Å². The van der Waals surface area contributed by atoms with Crippen molar-refractivity contribution in [2.24, 2.45) is 0 Å². The van der Waals surface area contributed by atoms with Crippen LogP contribution in [0.1, 0.15) is 33.1 Å². The largest absolute Gasteiger partial charge is 0.314 e. The van der Waals surface area contributed by atoms with E-state index in [0.717, 1.165) is 26.1 Å². The average Bonchev–Trinajstić information content (AvgIpc) is 2.20. The van der Waals surface area contributed by atoms with Crippen LogP contribution < -0.4 is 5.32 Å². The van der Waals surface area contributed by atoms with Crippen LogP contribution in [0.3, 0.4) is 0 Å². The molecular formula is C12H26N2O2S. The van der Waals surface area contributed by atoms with Crippen molar-refractivity contribution in [3.63, 3.8) is 0 Å². The summed E-state index contributed by atoms with van der Waals surface area (Å²) >= 11 is 0. The van der Waals surface area contributed by atoms with Crippen molar-refractivity contribution in [2.45, 2.75) is 45.2 Å². The summed E-state index contributed by atoms with van der Waals surface area (Å²) in [6, 6.07) is 1.20. The molecule has 0 aromatic carbocycles. The summed E-state index contributed by atoms with van der Waals surface area (Å²) in [5.41, 5.74) is 0. The first-order chi connectivity index (χ1) is 7.92. The molecule has 1 rings (SSSR count). The lowest BCUT2D eigenvalue weighted by Crippen LogP contribution is -2.47. The van der Waals surface area contributed by atoms with Gasteiger partial charge in [-0.1, -0.05) is 6.92 Å². The van der Waals surface area contributed by atoms with Gasteiger partial charge in [-0.2, -0.15) is 0 Å². The third-order valence-corrected chi connectivity index (χ3v) is 4.50. The summed E-state index contributed by atoms with van der Waals surface area (Å²) in [5.74, 6) is 0.312. The zero-order valence-corrected chi connectivity index (χ0v) is 12.1. The number of piperidine rings is 1. The van der Waals surface area contributed by atoms with Gasteiger partial charge in [0.2, 0.25) is 0 Å². The second-order valence-electron chi connectivity index (χ2n) is 5.15. The van der Waals surface area contributed by atoms with E-state index in [1.165, 1.54) is 19.1 Å². The number of nitrogens with zero attached hydrogens (tertiary/aromatic N) is 1. The molecule has 2 atom stereocenters. The van der Waals surface area contributed by atoms with Crippen LogP contribution in [-0.2, 0) is 9.84 Å². The van der Waals surface area contributed by atoms with Gasteiger partial charge >= 0.3 is 0 Å². The molecule has 2 unspecified atom stereocenters. The number of hydrogen-bond acceptors (Lipinski definition) is 4. The van der Waals surface area contributed by atoms with Crippen LogP contribution in [-0.4, -0.2) is 57.0 Å². The van der Waals surface area contributed by atoms with Gasteiger partial charge in [0.1, 0.15) is 9.84 Å². The molecule has 1 saturated heterocycles. The number of likely N-dealkylation sites (tertiary alicyclic amines) is 1. The quantitative estimate of drug-likeness (QED) is 0.772. The van der Waals surface area contributed by atoms with Gasteiger partial charge in [-0.15, -0.1) is 0 Å². The first-order valence-corrected chi connectivity index (χ1v) is 8.63. The fourth-order valence-corrected chi connectivity index (χ4v) is 3.21. The molecule has 1 fully saturated rings. The first-order valence-electron chi connectivity index (χ1n) is 6.57. The van der Waals surface area contributed by atoms with Gasteiger partial charge in [-0.05, 0) is 45.8 Å². The second-order valence-corrected chi connectivity index (χ2v) is 7.41. The Hall–Kier alpha value is -0.130. The maximum Gasteiger partial charge on any atom is 0.147 e. The van der Waals surface area contributed by atoms with Crippen molar-refractivity contribution in [1.82, 2.24) is 10.2 Å². The molecule has 1 aliphatic rings. The number of rotatable bonds is 6. The Bertz CT molecular complexity index is 316. The Morgan fingerprint density at radius 2 is 2.12 bits per heavy atom. The smallest absolute Gasteiger partial charge is 0.147 e. The van der Waals surface area contributed by atoms with E-state index in [9.17, 15) is 8.42 Å². The number of hydrogen-bond donors (Lipinski definition) is 1. The Kier molecular flexibility index (Phi) is 5.89. The summed E-state index contributed by atoms with van der Waals surface area (Å²) in [7, 11) is -2.80. The highest BCUT2D eigenvalue weighted by atomic mass is 32.2. The third kappa shape index (κ3) is 5.84. The topological polar surface area (TPSA) is 49.4 Å². The van der Waals surface area contributed by atoms with E-state index in [1.54, 1.807) is 0 Å². The molecule has 0 amide bonds. The summed E-state index contributed by atoms with van der Waals surface area (Å²) < 4.78 is 22.1. The van der Waals surface area contributed by atoms with Crippen LogP contribution in [0.4, 0.5) is 0 Å². The Morgan fingerprint density at radius 3 is 2.65 bits per heavy atom. The molecule has 1 heterocycles. The zero-order valence-electron chi connectivity index (χ0n) is 11.3. The Morgan fingerprint density at radius 1 is 1.41 bits per heavy atom. The van der Waals surface area contributed by atoms with Crippen molar-refractivity contribution < 1.29 is 8.42 Å². The molecule has 0 bridgehead atoms. The standard InChI is InChI=1S/C12H26N2O2S/c1-4-13-12-6-8-14(11(2)10-12)7-5-9-17(3,15)16/h11-13H,4-10H2,1-3H3. The average molecular weight is 262 g/mol. The number of nitrogens with one attached hydrogen (secondary N) is 1. The van der Waals surface area contributed by atoms with Gasteiger partial charge in [0.15, 0.2) is 0 Å². The zero-order chi connectivity index (χ0) is 12.9. The molecule has 4 nitrogen and oxygen atoms in total. The lowest BCUT2D eigenvalue weighted by molar-refractivity contribution is 0.137. The molecule has 1 aliphatic heterocycles. The molecule has 0 saturated carbocycles. The lowest BCUT2D eigenvalue weighted by atomic mass is 9.98. The van der Waals surface area contributed by atoms with Crippen LogP contribution in [0.5, 0.6) is 0 Å². The van der Waals surface area contributed by atoms with Crippen molar-refractivity contribution in [2.75, 3.05) is 31.6 Å². The molecule has 0 aromatic heterocycles. The normalized spacial score (nSPS) is 27.2. The monoisotopic (exact) mass is 262 g/mol. The van der Waals surface area contributed by atoms with Crippen LogP contribution in [0.25, 0.3) is 0 Å². The summed E-state index contributed by atoms with van der Waals surface area (Å²) in [5, 5.41) is 3.49. The van der Waals surface area contributed by atoms with Crippen molar-refractivity contribution >= 4 is 9.84 Å². The summed E-state index contributed by atoms with van der Waals surface area (Å²) in [6.45, 7) is 7.41. The first kappa shape index (κ1) is 14.9. The molecule has 1 N–H and O–H groups in total. The molecule has 0 radical (unpaired) electrons. The highest BCUT2D eigenvalue weighted by Crippen LogP contribution is 2.17. The molecular weight excluding hydrogens is 236 g/mol. The predicted octanol–water partition coefficient (Wildman–Crippen LogP) is 0.884. The SMILES string of the molecule is CCNC1CCN(CCCS(C)(=O)=O)C(C)C1. The van der Waals surface area contributed by atoms with E-state index in [4.69, 9.17) is 0 Å². The van der Waals surface area contributed by atoms with Crippen LogP contribution >= 0.6 is 0 Å². The van der Waals surface area contributed by atoms with Crippen molar-refractivity contribution in [3.8, 4) is 0 Å². The van der Waals surface area contributed by atoms with E-state index in [-0.39, 0.29) is 0 Å². The second kappa shape index (κ2) is 6.71. The van der Waals surface area contributed by atoms with E-state index in [2.05, 4.69) is 24.1 Å². The van der Waals surface area contributed by atoms with E-state index >= 15 is 0 Å². The highest BCUT2D eigenvalue weighted by Gasteiger charge is 2.24. The van der Waals surface area contributed by atoms with E-state index < -0.39 is 9.84 Å². The maximum absolute atomic E-state index is 11.1. The van der Waals surface area contributed by atoms with Gasteiger partial charge in [0.25, 0.3) is 0 Å². The molecule has 0 aromatic rings. The van der Waals surface area contributed by atoms with Gasteiger partial charge in [0.05, 0.1) is 5.75 Å². The van der Waals surface area contributed by atoms with Gasteiger partial charge < -0.3 is 10.2 Å². The molecule has 0 spiro atoms. The van der Waals surface area contributed by atoms with E-state index in [0.29, 0.717) is 17.8 Å². The predicted molar refractivity (Wildman–Crippen MR) is 72.1 cm³/mol. The fraction of sp³-hybridized carbons (Fsp3) is 1.00. The van der Waals surface area contributed by atoms with Crippen molar-refractivity contribution in [1.29, 1.82) is 0 Å². The fourth-order valence-electron chi connectivity index (χ4n) is 2.56. The minimum atomic E-state index is -2.80. The minimum absolute atomic E-state index is 0.312. The molecule has 0 aliphatic carbocycles.